The second-order valence-electron chi connectivity index (χ2n) is 6.04. The molecule has 98 valence electrons. The molecule has 0 aromatic heterocycles. The van der Waals surface area contributed by atoms with Crippen molar-refractivity contribution in [3.05, 3.63) is 0 Å². The van der Waals surface area contributed by atoms with Gasteiger partial charge in [-0.05, 0) is 66.5 Å². The summed E-state index contributed by atoms with van der Waals surface area (Å²) >= 11 is 0. The molecule has 0 radical (unpaired) electrons. The summed E-state index contributed by atoms with van der Waals surface area (Å²) in [6.45, 7) is 15.8. The van der Waals surface area contributed by atoms with Gasteiger partial charge in [0.05, 0.1) is 0 Å². The highest BCUT2D eigenvalue weighted by molar-refractivity contribution is 4.76. The fourth-order valence-electron chi connectivity index (χ4n) is 1.35. The third-order valence-electron chi connectivity index (χ3n) is 3.58. The van der Waals surface area contributed by atoms with Gasteiger partial charge in [-0.25, -0.2) is 0 Å². The van der Waals surface area contributed by atoms with Gasteiger partial charge in [0.1, 0.15) is 0 Å². The molecular weight excluding hydrogens is 196 g/mol. The Balaban J connectivity index is 3.42. The lowest BCUT2D eigenvalue weighted by Crippen LogP contribution is -2.40. The van der Waals surface area contributed by atoms with Crippen LogP contribution in [0.15, 0.2) is 0 Å². The number of nitrogens with one attached hydrogen (secondary N) is 2. The lowest BCUT2D eigenvalue weighted by Gasteiger charge is -2.26. The Labute approximate surface area is 103 Å². The van der Waals surface area contributed by atoms with Crippen molar-refractivity contribution in [1.82, 2.24) is 10.6 Å². The molecule has 0 saturated carbocycles. The van der Waals surface area contributed by atoms with Gasteiger partial charge in [-0.15, -0.1) is 0 Å². The summed E-state index contributed by atoms with van der Waals surface area (Å²) in [4.78, 5) is 0. The molecule has 2 heteroatoms. The zero-order valence-corrected chi connectivity index (χ0v) is 12.2. The van der Waals surface area contributed by atoms with Crippen molar-refractivity contribution < 1.29 is 0 Å². The molecule has 0 saturated heterocycles. The highest BCUT2D eigenvalue weighted by atomic mass is 15.0. The fourth-order valence-corrected chi connectivity index (χ4v) is 1.35. The molecule has 0 aliphatic carbocycles. The highest BCUT2D eigenvalue weighted by Gasteiger charge is 2.14. The van der Waals surface area contributed by atoms with Crippen LogP contribution >= 0.6 is 0 Å². The SMILES string of the molecule is CCC(C)(C)NCCCCNC(C)(C)CC. The van der Waals surface area contributed by atoms with Crippen molar-refractivity contribution >= 4 is 0 Å². The molecular formula is C14H32N2. The van der Waals surface area contributed by atoms with Crippen LogP contribution in [0.2, 0.25) is 0 Å². The molecule has 0 rings (SSSR count). The molecule has 2 nitrogen and oxygen atoms in total. The van der Waals surface area contributed by atoms with E-state index in [9.17, 15) is 0 Å². The number of hydrogen-bond acceptors (Lipinski definition) is 2. The molecule has 0 fully saturated rings. The van der Waals surface area contributed by atoms with Gasteiger partial charge in [0.15, 0.2) is 0 Å². The molecule has 0 aromatic carbocycles. The van der Waals surface area contributed by atoms with Gasteiger partial charge in [0.2, 0.25) is 0 Å². The summed E-state index contributed by atoms with van der Waals surface area (Å²) in [7, 11) is 0. The Bertz CT molecular complexity index is 154. The zero-order valence-electron chi connectivity index (χ0n) is 12.2. The van der Waals surface area contributed by atoms with E-state index in [1.807, 2.05) is 0 Å². The molecule has 0 spiro atoms. The molecule has 16 heavy (non-hydrogen) atoms. The summed E-state index contributed by atoms with van der Waals surface area (Å²) in [6.07, 6.45) is 4.90. The van der Waals surface area contributed by atoms with Crippen molar-refractivity contribution in [2.75, 3.05) is 13.1 Å². The first kappa shape index (κ1) is 15.9. The maximum absolute atomic E-state index is 3.59. The van der Waals surface area contributed by atoms with Crippen LogP contribution in [0.5, 0.6) is 0 Å². The van der Waals surface area contributed by atoms with Crippen LogP contribution in [-0.2, 0) is 0 Å². The summed E-state index contributed by atoms with van der Waals surface area (Å²) in [6, 6.07) is 0. The van der Waals surface area contributed by atoms with Crippen LogP contribution in [0.3, 0.4) is 0 Å². The summed E-state index contributed by atoms with van der Waals surface area (Å²) in [5.41, 5.74) is 0.603. The van der Waals surface area contributed by atoms with Crippen molar-refractivity contribution in [1.29, 1.82) is 0 Å². The Morgan fingerprint density at radius 1 is 0.688 bits per heavy atom. The first-order valence-electron chi connectivity index (χ1n) is 6.83. The molecule has 0 amide bonds. The predicted molar refractivity (Wildman–Crippen MR) is 74.0 cm³/mol. The van der Waals surface area contributed by atoms with Crippen molar-refractivity contribution in [3.8, 4) is 0 Å². The van der Waals surface area contributed by atoms with Crippen molar-refractivity contribution in [3.63, 3.8) is 0 Å². The van der Waals surface area contributed by atoms with Gasteiger partial charge < -0.3 is 10.6 Å². The fraction of sp³-hybridized carbons (Fsp3) is 1.00. The second-order valence-corrected chi connectivity index (χ2v) is 6.04. The first-order chi connectivity index (χ1) is 7.33. The van der Waals surface area contributed by atoms with Gasteiger partial charge in [-0.2, -0.15) is 0 Å². The normalized spacial score (nSPS) is 13.1. The summed E-state index contributed by atoms with van der Waals surface area (Å²) in [5, 5.41) is 7.19. The molecule has 0 unspecified atom stereocenters. The monoisotopic (exact) mass is 228 g/mol. The summed E-state index contributed by atoms with van der Waals surface area (Å²) < 4.78 is 0. The van der Waals surface area contributed by atoms with Crippen molar-refractivity contribution in [2.24, 2.45) is 0 Å². The van der Waals surface area contributed by atoms with Gasteiger partial charge >= 0.3 is 0 Å². The molecule has 0 aromatic rings. The maximum Gasteiger partial charge on any atom is 0.0122 e. The van der Waals surface area contributed by atoms with E-state index in [1.165, 1.54) is 25.7 Å². The standard InChI is InChI=1S/C14H32N2/c1-7-13(3,4)15-11-9-10-12-16-14(5,6)8-2/h15-16H,7-12H2,1-6H3. The second kappa shape index (κ2) is 7.29. The number of hydrogen-bond donors (Lipinski definition) is 2. The largest absolute Gasteiger partial charge is 0.312 e. The smallest absolute Gasteiger partial charge is 0.0122 e. The Morgan fingerprint density at radius 3 is 1.25 bits per heavy atom. The van der Waals surface area contributed by atoms with E-state index in [0.29, 0.717) is 11.1 Å². The minimum Gasteiger partial charge on any atom is -0.312 e. The minimum absolute atomic E-state index is 0.302. The average Bonchev–Trinajstić information content (AvgIpc) is 2.23. The number of unbranched alkanes of at least 4 members (excludes halogenated alkanes) is 1. The van der Waals surface area contributed by atoms with Crippen LogP contribution in [0.25, 0.3) is 0 Å². The predicted octanol–water partition coefficient (Wildman–Crippen LogP) is 3.32. The van der Waals surface area contributed by atoms with Gasteiger partial charge in [0.25, 0.3) is 0 Å². The van der Waals surface area contributed by atoms with E-state index in [0.717, 1.165) is 13.1 Å². The number of rotatable bonds is 9. The quantitative estimate of drug-likeness (QED) is 0.592. The molecule has 0 heterocycles. The molecule has 0 aliphatic rings. The third-order valence-corrected chi connectivity index (χ3v) is 3.58. The van der Waals surface area contributed by atoms with Crippen LogP contribution < -0.4 is 10.6 Å². The Hall–Kier alpha value is -0.0800. The van der Waals surface area contributed by atoms with E-state index in [4.69, 9.17) is 0 Å². The van der Waals surface area contributed by atoms with E-state index in [-0.39, 0.29) is 0 Å². The molecule has 0 bridgehead atoms. The first-order valence-corrected chi connectivity index (χ1v) is 6.83. The van der Waals surface area contributed by atoms with Crippen LogP contribution in [0.4, 0.5) is 0 Å². The van der Waals surface area contributed by atoms with E-state index in [1.54, 1.807) is 0 Å². The Kier molecular flexibility index (Phi) is 7.25. The van der Waals surface area contributed by atoms with E-state index < -0.39 is 0 Å². The van der Waals surface area contributed by atoms with E-state index in [2.05, 4.69) is 52.2 Å². The molecule has 2 N–H and O–H groups in total. The van der Waals surface area contributed by atoms with Gasteiger partial charge in [-0.3, -0.25) is 0 Å². The van der Waals surface area contributed by atoms with E-state index >= 15 is 0 Å². The average molecular weight is 228 g/mol. The van der Waals surface area contributed by atoms with Crippen LogP contribution in [-0.4, -0.2) is 24.2 Å². The van der Waals surface area contributed by atoms with Gasteiger partial charge in [0, 0.05) is 11.1 Å². The highest BCUT2D eigenvalue weighted by Crippen LogP contribution is 2.08. The lowest BCUT2D eigenvalue weighted by molar-refractivity contribution is 0.353. The van der Waals surface area contributed by atoms with Crippen molar-refractivity contribution in [2.45, 2.75) is 78.3 Å². The molecule has 0 aliphatic heterocycles. The van der Waals surface area contributed by atoms with Gasteiger partial charge in [-0.1, -0.05) is 13.8 Å². The van der Waals surface area contributed by atoms with Crippen LogP contribution in [0.1, 0.15) is 67.2 Å². The topological polar surface area (TPSA) is 24.1 Å². The minimum atomic E-state index is 0.302. The Morgan fingerprint density at radius 2 is 1.00 bits per heavy atom. The lowest BCUT2D eigenvalue weighted by atomic mass is 10.0. The molecule has 0 atom stereocenters. The summed E-state index contributed by atoms with van der Waals surface area (Å²) in [5.74, 6) is 0. The third kappa shape index (κ3) is 8.12. The van der Waals surface area contributed by atoms with Crippen LogP contribution in [0, 0.1) is 0 Å². The maximum atomic E-state index is 3.59. The zero-order chi connectivity index (χ0) is 12.7.